The van der Waals surface area contributed by atoms with Crippen LogP contribution in [0.1, 0.15) is 29.3 Å². The van der Waals surface area contributed by atoms with Crippen LogP contribution < -0.4 is 10.1 Å². The molecule has 1 N–H and O–H groups in total. The fraction of sp³-hybridized carbons (Fsp3) is 0.214. The molecule has 3 aromatic rings. The summed E-state index contributed by atoms with van der Waals surface area (Å²) in [6, 6.07) is 19.2. The van der Waals surface area contributed by atoms with Crippen molar-refractivity contribution in [2.75, 3.05) is 19.0 Å². The summed E-state index contributed by atoms with van der Waals surface area (Å²) in [4.78, 5) is 44.3. The van der Waals surface area contributed by atoms with Gasteiger partial charge in [0.2, 0.25) is 11.8 Å². The third kappa shape index (κ3) is 6.77. The lowest BCUT2D eigenvalue weighted by atomic mass is 10.1. The number of thioether (sulfide) groups is 1. The van der Waals surface area contributed by atoms with E-state index in [0.29, 0.717) is 27.9 Å². The van der Waals surface area contributed by atoms with Crippen LogP contribution in [0.5, 0.6) is 5.75 Å². The number of hydrogen-bond acceptors (Lipinski definition) is 7. The number of carbonyl (C=O) groups is 3. The summed E-state index contributed by atoms with van der Waals surface area (Å²) in [6.45, 7) is 2.24. The summed E-state index contributed by atoms with van der Waals surface area (Å²) < 4.78 is 23.6. The Balaban J connectivity index is 1.53. The quantitative estimate of drug-likeness (QED) is 0.400. The van der Waals surface area contributed by atoms with E-state index in [1.807, 2.05) is 12.1 Å². The standard InChI is InChI=1S/C28H26FN3O5S/c1-3-37-27(35)19-6-10-21(11-7-19)30-26(34)24-16-25(33)32(17-18-4-14-23(36-2)15-5-18)28(38-24)31-22-12-8-20(29)9-13-22/h4-15,24H,3,16-17H2,1-2H3,(H,30,34). The zero-order valence-corrected chi connectivity index (χ0v) is 21.7. The van der Waals surface area contributed by atoms with Crippen LogP contribution in [0.25, 0.3) is 0 Å². The summed E-state index contributed by atoms with van der Waals surface area (Å²) in [7, 11) is 1.58. The van der Waals surface area contributed by atoms with Gasteiger partial charge >= 0.3 is 5.97 Å². The summed E-state index contributed by atoms with van der Waals surface area (Å²) in [5, 5.41) is 2.40. The smallest absolute Gasteiger partial charge is 0.338 e. The van der Waals surface area contributed by atoms with Crippen LogP contribution in [0.3, 0.4) is 0 Å². The average molecular weight is 536 g/mol. The van der Waals surface area contributed by atoms with Crippen molar-refractivity contribution < 1.29 is 28.2 Å². The third-order valence-corrected chi connectivity index (χ3v) is 6.83. The minimum Gasteiger partial charge on any atom is -0.497 e. The molecule has 1 unspecified atom stereocenters. The van der Waals surface area contributed by atoms with Crippen LogP contribution in [0, 0.1) is 5.82 Å². The number of anilines is 1. The molecule has 1 fully saturated rings. The first-order chi connectivity index (χ1) is 18.4. The van der Waals surface area contributed by atoms with Crippen molar-refractivity contribution >= 4 is 46.1 Å². The third-order valence-electron chi connectivity index (χ3n) is 5.65. The van der Waals surface area contributed by atoms with E-state index in [1.165, 1.54) is 29.2 Å². The van der Waals surface area contributed by atoms with Gasteiger partial charge in [0.05, 0.1) is 31.5 Å². The van der Waals surface area contributed by atoms with E-state index >= 15 is 0 Å². The van der Waals surface area contributed by atoms with E-state index in [4.69, 9.17) is 9.47 Å². The van der Waals surface area contributed by atoms with Gasteiger partial charge in [-0.2, -0.15) is 0 Å². The van der Waals surface area contributed by atoms with Crippen molar-refractivity contribution in [1.29, 1.82) is 0 Å². The Hall–Kier alpha value is -4.18. The lowest BCUT2D eigenvalue weighted by molar-refractivity contribution is -0.129. The van der Waals surface area contributed by atoms with Crippen molar-refractivity contribution in [3.63, 3.8) is 0 Å². The number of nitrogens with zero attached hydrogens (tertiary/aromatic N) is 2. The van der Waals surface area contributed by atoms with Gasteiger partial charge in [-0.3, -0.25) is 14.5 Å². The molecular weight excluding hydrogens is 509 g/mol. The number of carbonyl (C=O) groups excluding carboxylic acids is 3. The fourth-order valence-corrected chi connectivity index (χ4v) is 4.76. The number of esters is 1. The lowest BCUT2D eigenvalue weighted by Crippen LogP contribution is -2.44. The zero-order valence-electron chi connectivity index (χ0n) is 20.8. The minimum absolute atomic E-state index is 0.0317. The molecule has 196 valence electrons. The van der Waals surface area contributed by atoms with E-state index in [2.05, 4.69) is 10.3 Å². The van der Waals surface area contributed by atoms with Crippen molar-refractivity contribution in [3.8, 4) is 5.75 Å². The number of ether oxygens (including phenoxy) is 2. The van der Waals surface area contributed by atoms with Crippen LogP contribution in [-0.4, -0.2) is 46.8 Å². The second-order valence-electron chi connectivity index (χ2n) is 8.30. The first kappa shape index (κ1) is 26.9. The van der Waals surface area contributed by atoms with Crippen LogP contribution in [0.15, 0.2) is 77.8 Å². The van der Waals surface area contributed by atoms with E-state index in [9.17, 15) is 18.8 Å². The topological polar surface area (TPSA) is 97.3 Å². The van der Waals surface area contributed by atoms with Gasteiger partial charge in [-0.05, 0) is 73.2 Å². The molecule has 1 aliphatic heterocycles. The second-order valence-corrected chi connectivity index (χ2v) is 9.47. The van der Waals surface area contributed by atoms with Gasteiger partial charge in [0.25, 0.3) is 0 Å². The number of methoxy groups -OCH3 is 1. The second kappa shape index (κ2) is 12.4. The van der Waals surface area contributed by atoms with Crippen LogP contribution in [-0.2, 0) is 20.9 Å². The molecule has 0 aromatic heterocycles. The van der Waals surface area contributed by atoms with Crippen LogP contribution >= 0.6 is 11.8 Å². The highest BCUT2D eigenvalue weighted by atomic mass is 32.2. The SMILES string of the molecule is CCOC(=O)c1ccc(NC(=O)C2CC(=O)N(Cc3ccc(OC)cc3)C(=Nc3ccc(F)cc3)S2)cc1. The maximum absolute atomic E-state index is 13.4. The van der Waals surface area contributed by atoms with Crippen molar-refractivity contribution in [2.45, 2.75) is 25.1 Å². The van der Waals surface area contributed by atoms with Gasteiger partial charge < -0.3 is 14.8 Å². The van der Waals surface area contributed by atoms with E-state index in [1.54, 1.807) is 50.4 Å². The maximum Gasteiger partial charge on any atom is 0.338 e. The number of nitrogens with one attached hydrogen (secondary N) is 1. The molecule has 10 heteroatoms. The number of hydrogen-bond donors (Lipinski definition) is 1. The average Bonchev–Trinajstić information content (AvgIpc) is 2.92. The van der Waals surface area contributed by atoms with Gasteiger partial charge in [0.15, 0.2) is 5.17 Å². The number of aliphatic imine (C=N–C) groups is 1. The van der Waals surface area contributed by atoms with E-state index in [0.717, 1.165) is 17.3 Å². The van der Waals surface area contributed by atoms with Gasteiger partial charge in [-0.25, -0.2) is 14.2 Å². The Morgan fingerprint density at radius 3 is 2.37 bits per heavy atom. The first-order valence-corrected chi connectivity index (χ1v) is 12.8. The Bertz CT molecular complexity index is 1330. The Labute approximate surface area is 223 Å². The summed E-state index contributed by atoms with van der Waals surface area (Å²) >= 11 is 1.16. The normalized spacial score (nSPS) is 16.3. The largest absolute Gasteiger partial charge is 0.497 e. The summed E-state index contributed by atoms with van der Waals surface area (Å²) in [6.07, 6.45) is -0.0317. The Morgan fingerprint density at radius 1 is 1.05 bits per heavy atom. The monoisotopic (exact) mass is 535 g/mol. The number of amidine groups is 1. The molecule has 1 heterocycles. The maximum atomic E-state index is 13.4. The lowest BCUT2D eigenvalue weighted by Gasteiger charge is -2.32. The molecule has 0 spiro atoms. The van der Waals surface area contributed by atoms with E-state index < -0.39 is 17.0 Å². The van der Waals surface area contributed by atoms with Crippen molar-refractivity contribution in [2.24, 2.45) is 4.99 Å². The molecular formula is C28H26FN3O5S. The molecule has 0 saturated carbocycles. The molecule has 4 rings (SSSR count). The van der Waals surface area contributed by atoms with Crippen molar-refractivity contribution in [3.05, 3.63) is 89.7 Å². The number of rotatable bonds is 8. The summed E-state index contributed by atoms with van der Waals surface area (Å²) in [5.74, 6) is -0.790. The molecule has 8 nitrogen and oxygen atoms in total. The predicted octanol–water partition coefficient (Wildman–Crippen LogP) is 5.17. The zero-order chi connectivity index (χ0) is 27.1. The number of halogens is 1. The molecule has 0 bridgehead atoms. The fourth-order valence-electron chi connectivity index (χ4n) is 3.66. The van der Waals surface area contributed by atoms with Gasteiger partial charge in [-0.1, -0.05) is 23.9 Å². The first-order valence-electron chi connectivity index (χ1n) is 11.9. The predicted molar refractivity (Wildman–Crippen MR) is 144 cm³/mol. The molecule has 2 amide bonds. The highest BCUT2D eigenvalue weighted by Gasteiger charge is 2.36. The Morgan fingerprint density at radius 2 is 1.74 bits per heavy atom. The van der Waals surface area contributed by atoms with E-state index in [-0.39, 0.29) is 31.4 Å². The minimum atomic E-state index is -0.737. The molecule has 1 aliphatic rings. The van der Waals surface area contributed by atoms with Gasteiger partial charge in [-0.15, -0.1) is 0 Å². The highest BCUT2D eigenvalue weighted by molar-refractivity contribution is 8.15. The molecule has 1 saturated heterocycles. The van der Waals surface area contributed by atoms with Crippen LogP contribution in [0.2, 0.25) is 0 Å². The number of benzene rings is 3. The highest BCUT2D eigenvalue weighted by Crippen LogP contribution is 2.31. The van der Waals surface area contributed by atoms with Crippen molar-refractivity contribution in [1.82, 2.24) is 4.90 Å². The molecule has 0 radical (unpaired) electrons. The summed E-state index contributed by atoms with van der Waals surface area (Å²) in [5.41, 5.74) is 2.16. The molecule has 0 aliphatic carbocycles. The van der Waals surface area contributed by atoms with Gasteiger partial charge in [0, 0.05) is 12.1 Å². The van der Waals surface area contributed by atoms with Crippen LogP contribution in [0.4, 0.5) is 15.8 Å². The Kier molecular flexibility index (Phi) is 8.75. The molecule has 3 aromatic carbocycles. The number of amides is 2. The van der Waals surface area contributed by atoms with Gasteiger partial charge in [0.1, 0.15) is 16.8 Å². The molecule has 38 heavy (non-hydrogen) atoms. The molecule has 1 atom stereocenters.